The zero-order chi connectivity index (χ0) is 16.9. The summed E-state index contributed by atoms with van der Waals surface area (Å²) in [5.74, 6) is 0.789. The van der Waals surface area contributed by atoms with Crippen molar-refractivity contribution in [3.63, 3.8) is 0 Å². The predicted octanol–water partition coefficient (Wildman–Crippen LogP) is -2.33. The van der Waals surface area contributed by atoms with E-state index in [0.717, 1.165) is 0 Å². The molecule has 2 fully saturated rings. The van der Waals surface area contributed by atoms with Gasteiger partial charge in [-0.1, -0.05) is 0 Å². The Hall–Kier alpha value is -1.44. The van der Waals surface area contributed by atoms with Crippen LogP contribution in [0.1, 0.15) is 24.8 Å². The Balaban J connectivity index is 0.00000182. The van der Waals surface area contributed by atoms with E-state index in [1.165, 1.54) is 11.2 Å². The van der Waals surface area contributed by atoms with Crippen LogP contribution in [0.15, 0.2) is 27.2 Å². The fourth-order valence-corrected chi connectivity index (χ4v) is 3.34. The molecule has 2 bridgehead atoms. The van der Waals surface area contributed by atoms with Crippen molar-refractivity contribution in [2.24, 2.45) is 0 Å². The Bertz CT molecular complexity index is 868. The maximum absolute atomic E-state index is 12.3. The standard InChI is InChI=1S/C12H12N4O7S.Na/c17-12-15-6-7(16(12)23-24(18,19)20)3-4-8(15)10-13-14-11(22-10)9-2-1-5-21-9;/h1-2,5,7-8H,3-4,6H2,(H,18,19,20);/q;+1/p-1/t7-,8+;/m1./s1. The number of piperidine rings is 1. The number of aromatic nitrogens is 2. The molecule has 2 atom stereocenters. The SMILES string of the molecule is O=C1N2C[C@@H](CC[C@H]2c2nnc(-c3ccco3)o2)N1OS(=O)(=O)[O-].[Na+]. The summed E-state index contributed by atoms with van der Waals surface area (Å²) in [5, 5.41) is 8.42. The van der Waals surface area contributed by atoms with E-state index in [1.807, 2.05) is 0 Å². The normalized spacial score (nSPS) is 23.0. The van der Waals surface area contributed by atoms with Crippen LogP contribution in [0.25, 0.3) is 11.7 Å². The van der Waals surface area contributed by atoms with E-state index in [1.54, 1.807) is 12.1 Å². The summed E-state index contributed by atoms with van der Waals surface area (Å²) in [4.78, 5) is 13.6. The molecular weight excluding hydrogens is 367 g/mol. The van der Waals surface area contributed by atoms with Gasteiger partial charge in [-0.3, -0.25) is 0 Å². The van der Waals surface area contributed by atoms with Gasteiger partial charge in [-0.15, -0.1) is 10.2 Å². The van der Waals surface area contributed by atoms with Crippen LogP contribution in [0.4, 0.5) is 4.79 Å². The van der Waals surface area contributed by atoms with Crippen molar-refractivity contribution in [3.05, 3.63) is 24.3 Å². The molecule has 0 saturated carbocycles. The number of hydroxylamine groups is 2. The summed E-state index contributed by atoms with van der Waals surface area (Å²) in [6.07, 6.45) is 2.36. The van der Waals surface area contributed by atoms with Crippen LogP contribution in [0.2, 0.25) is 0 Å². The largest absolute Gasteiger partial charge is 1.00 e. The molecule has 11 nitrogen and oxygen atoms in total. The monoisotopic (exact) mass is 378 g/mol. The number of nitrogens with zero attached hydrogens (tertiary/aromatic N) is 4. The molecule has 2 amide bonds. The Labute approximate surface area is 164 Å². The molecule has 2 aliphatic heterocycles. The maximum atomic E-state index is 12.3. The summed E-state index contributed by atoms with van der Waals surface area (Å²) in [6.45, 7) is 0.206. The third-order valence-electron chi connectivity index (χ3n) is 3.95. The second kappa shape index (κ2) is 6.70. The quantitative estimate of drug-likeness (QED) is 0.325. The van der Waals surface area contributed by atoms with Crippen molar-refractivity contribution in [1.29, 1.82) is 0 Å². The van der Waals surface area contributed by atoms with Gasteiger partial charge in [0.2, 0.25) is 16.3 Å². The van der Waals surface area contributed by atoms with Crippen molar-refractivity contribution in [3.8, 4) is 11.7 Å². The van der Waals surface area contributed by atoms with Gasteiger partial charge in [0.15, 0.2) is 5.76 Å². The zero-order valence-corrected chi connectivity index (χ0v) is 15.9. The molecule has 25 heavy (non-hydrogen) atoms. The van der Waals surface area contributed by atoms with Crippen molar-refractivity contribution >= 4 is 16.4 Å². The number of fused-ring (bicyclic) bond motifs is 2. The third-order valence-corrected chi connectivity index (χ3v) is 4.30. The minimum atomic E-state index is -5.02. The van der Waals surface area contributed by atoms with E-state index in [2.05, 4.69) is 14.5 Å². The smallest absolute Gasteiger partial charge is 0.724 e. The first-order chi connectivity index (χ1) is 11.4. The average molecular weight is 378 g/mol. The second-order valence-electron chi connectivity index (χ2n) is 5.41. The molecule has 0 N–H and O–H groups in total. The number of carbonyl (C=O) groups is 1. The minimum Gasteiger partial charge on any atom is -0.724 e. The Kier molecular flexibility index (Phi) is 4.92. The van der Waals surface area contributed by atoms with E-state index < -0.39 is 28.5 Å². The van der Waals surface area contributed by atoms with Crippen LogP contribution in [0, 0.1) is 0 Å². The number of amides is 2. The predicted molar refractivity (Wildman–Crippen MR) is 72.5 cm³/mol. The first kappa shape index (κ1) is 18.4. The summed E-state index contributed by atoms with van der Waals surface area (Å²) in [7, 11) is -5.02. The molecule has 0 unspecified atom stereocenters. The Morgan fingerprint density at radius 1 is 1.32 bits per heavy atom. The summed E-state index contributed by atoms with van der Waals surface area (Å²) < 4.78 is 47.3. The summed E-state index contributed by atoms with van der Waals surface area (Å²) in [5.41, 5.74) is 0. The van der Waals surface area contributed by atoms with Gasteiger partial charge in [-0.25, -0.2) is 13.2 Å². The summed E-state index contributed by atoms with van der Waals surface area (Å²) >= 11 is 0. The van der Waals surface area contributed by atoms with E-state index in [4.69, 9.17) is 8.83 Å². The van der Waals surface area contributed by atoms with Gasteiger partial charge >= 0.3 is 35.6 Å². The number of rotatable bonds is 4. The maximum Gasteiger partial charge on any atom is 1.00 e. The average Bonchev–Trinajstić information content (AvgIpc) is 3.24. The third kappa shape index (κ3) is 3.45. The number of urea groups is 1. The van der Waals surface area contributed by atoms with Crippen LogP contribution in [-0.2, 0) is 14.7 Å². The molecule has 2 aliphatic rings. The first-order valence-corrected chi connectivity index (χ1v) is 8.38. The fraction of sp³-hybridized carbons (Fsp3) is 0.417. The number of hydrogen-bond donors (Lipinski definition) is 0. The first-order valence-electron chi connectivity index (χ1n) is 7.05. The molecule has 13 heteroatoms. The van der Waals surface area contributed by atoms with Gasteiger partial charge in [0.05, 0.1) is 12.3 Å². The van der Waals surface area contributed by atoms with Crippen LogP contribution in [-0.4, -0.2) is 51.7 Å². The van der Waals surface area contributed by atoms with E-state index in [0.29, 0.717) is 23.7 Å². The molecule has 0 spiro atoms. The second-order valence-corrected chi connectivity index (χ2v) is 6.38. The van der Waals surface area contributed by atoms with Crippen LogP contribution in [0.5, 0.6) is 0 Å². The number of carbonyl (C=O) groups excluding carboxylic acids is 1. The number of hydrogen-bond acceptors (Lipinski definition) is 9. The molecule has 0 aliphatic carbocycles. The molecule has 2 aromatic rings. The van der Waals surface area contributed by atoms with Crippen LogP contribution in [0.3, 0.4) is 0 Å². The van der Waals surface area contributed by atoms with Gasteiger partial charge in [-0.2, -0.15) is 9.35 Å². The van der Waals surface area contributed by atoms with Gasteiger partial charge < -0.3 is 18.3 Å². The Morgan fingerprint density at radius 2 is 2.12 bits per heavy atom. The van der Waals surface area contributed by atoms with Crippen LogP contribution < -0.4 is 29.6 Å². The molecule has 4 heterocycles. The summed E-state index contributed by atoms with van der Waals surface area (Å²) in [6, 6.07) is 1.58. The molecule has 4 rings (SSSR count). The zero-order valence-electron chi connectivity index (χ0n) is 13.1. The van der Waals surface area contributed by atoms with E-state index >= 15 is 0 Å². The van der Waals surface area contributed by atoms with Crippen LogP contribution >= 0.6 is 0 Å². The van der Waals surface area contributed by atoms with Crippen molar-refractivity contribution in [1.82, 2.24) is 20.2 Å². The number of furan rings is 1. The van der Waals surface area contributed by atoms with Gasteiger partial charge in [0.1, 0.15) is 6.04 Å². The van der Waals surface area contributed by atoms with Gasteiger partial charge in [0.25, 0.3) is 5.89 Å². The fourth-order valence-electron chi connectivity index (χ4n) is 2.95. The van der Waals surface area contributed by atoms with Gasteiger partial charge in [-0.05, 0) is 25.0 Å². The van der Waals surface area contributed by atoms with Gasteiger partial charge in [0, 0.05) is 6.54 Å². The van der Waals surface area contributed by atoms with E-state index in [-0.39, 0.29) is 47.9 Å². The van der Waals surface area contributed by atoms with Crippen molar-refractivity contribution < 1.29 is 60.4 Å². The topological polar surface area (TPSA) is 142 Å². The molecule has 2 aromatic heterocycles. The molecule has 2 saturated heterocycles. The minimum absolute atomic E-state index is 0. The van der Waals surface area contributed by atoms with E-state index in [9.17, 15) is 17.8 Å². The molecule has 0 radical (unpaired) electrons. The molecule has 0 aromatic carbocycles. The van der Waals surface area contributed by atoms with Crippen molar-refractivity contribution in [2.45, 2.75) is 24.9 Å². The molecule has 128 valence electrons. The Morgan fingerprint density at radius 3 is 2.80 bits per heavy atom. The van der Waals surface area contributed by atoms with Crippen molar-refractivity contribution in [2.75, 3.05) is 6.54 Å². The molecular formula is C12H11N4NaO7S.